The number of ether oxygens (including phenoxy) is 1. The second-order valence-electron chi connectivity index (χ2n) is 5.66. The predicted octanol–water partition coefficient (Wildman–Crippen LogP) is 3.82. The third-order valence-electron chi connectivity index (χ3n) is 3.85. The highest BCUT2D eigenvalue weighted by atomic mass is 32.1. The third kappa shape index (κ3) is 4.24. The van der Waals surface area contributed by atoms with Gasteiger partial charge in [0.05, 0.1) is 13.5 Å². The first-order valence-electron chi connectivity index (χ1n) is 8.03. The molecule has 0 fully saturated rings. The van der Waals surface area contributed by atoms with E-state index in [4.69, 9.17) is 18.0 Å². The van der Waals surface area contributed by atoms with Crippen molar-refractivity contribution in [3.05, 3.63) is 69.0 Å². The third-order valence-corrected chi connectivity index (χ3v) is 5.24. The predicted molar refractivity (Wildman–Crippen MR) is 109 cm³/mol. The van der Waals surface area contributed by atoms with Crippen LogP contribution < -0.4 is 11.1 Å². The summed E-state index contributed by atoms with van der Waals surface area (Å²) in [6.45, 7) is 0. The molecule has 0 bridgehead atoms. The zero-order valence-corrected chi connectivity index (χ0v) is 16.1. The van der Waals surface area contributed by atoms with Gasteiger partial charge in [-0.25, -0.2) is 0 Å². The van der Waals surface area contributed by atoms with Crippen LogP contribution in [0.5, 0.6) is 0 Å². The number of aromatic nitrogens is 1. The van der Waals surface area contributed by atoms with E-state index in [1.54, 1.807) is 41.0 Å². The molecule has 6 nitrogen and oxygen atoms in total. The number of nitrogen functional groups attached to an aromatic ring is 1. The lowest BCUT2D eigenvalue weighted by molar-refractivity contribution is -0.139. The summed E-state index contributed by atoms with van der Waals surface area (Å²) in [4.78, 5) is 24.3. The smallest absolute Gasteiger partial charge is 0.309 e. The number of rotatable bonds is 5. The molecule has 0 spiro atoms. The summed E-state index contributed by atoms with van der Waals surface area (Å²) in [7, 11) is 1.35. The van der Waals surface area contributed by atoms with Crippen LogP contribution in [0.4, 0.5) is 11.5 Å². The van der Waals surface area contributed by atoms with Crippen molar-refractivity contribution in [1.29, 1.82) is 0 Å². The van der Waals surface area contributed by atoms with Gasteiger partial charge in [-0.15, -0.1) is 0 Å². The van der Waals surface area contributed by atoms with Gasteiger partial charge in [0.1, 0.15) is 10.7 Å². The number of benzene rings is 2. The number of amides is 1. The van der Waals surface area contributed by atoms with Crippen molar-refractivity contribution in [2.75, 3.05) is 18.2 Å². The Kier molecular flexibility index (Phi) is 5.68. The number of esters is 1. The van der Waals surface area contributed by atoms with Crippen LogP contribution in [-0.2, 0) is 16.0 Å². The van der Waals surface area contributed by atoms with Crippen molar-refractivity contribution >= 4 is 46.9 Å². The van der Waals surface area contributed by atoms with Crippen LogP contribution in [0.15, 0.2) is 54.6 Å². The number of carbonyl (C=O) groups is 2. The van der Waals surface area contributed by atoms with Gasteiger partial charge in [-0.1, -0.05) is 41.7 Å². The molecule has 1 amide bonds. The highest BCUT2D eigenvalue weighted by molar-refractivity contribution is 7.73. The van der Waals surface area contributed by atoms with Crippen molar-refractivity contribution < 1.29 is 14.3 Å². The second-order valence-corrected chi connectivity index (χ2v) is 7.30. The fourth-order valence-corrected chi connectivity index (χ4v) is 3.77. The maximum atomic E-state index is 12.5. The molecule has 1 aromatic heterocycles. The largest absolute Gasteiger partial charge is 0.469 e. The van der Waals surface area contributed by atoms with E-state index in [-0.39, 0.29) is 24.1 Å². The fraction of sp³-hybridized carbons (Fsp3) is 0.105. The number of nitrogens with zero attached hydrogens (tertiary/aromatic N) is 1. The minimum Gasteiger partial charge on any atom is -0.469 e. The van der Waals surface area contributed by atoms with E-state index in [0.29, 0.717) is 14.5 Å². The summed E-state index contributed by atoms with van der Waals surface area (Å²) < 4.78 is 6.77. The summed E-state index contributed by atoms with van der Waals surface area (Å²) in [5.74, 6) is -0.343. The van der Waals surface area contributed by atoms with E-state index >= 15 is 0 Å². The lowest BCUT2D eigenvalue weighted by Crippen LogP contribution is -2.13. The minimum absolute atomic E-state index is 0.187. The number of para-hydroxylation sites is 1. The Morgan fingerprint density at radius 3 is 2.44 bits per heavy atom. The number of anilines is 2. The molecule has 138 valence electrons. The quantitative estimate of drug-likeness (QED) is 0.503. The Morgan fingerprint density at radius 1 is 1.15 bits per heavy atom. The molecule has 0 atom stereocenters. The molecule has 0 aliphatic rings. The number of nitrogens with one attached hydrogen (secondary N) is 1. The second kappa shape index (κ2) is 8.15. The molecule has 0 aliphatic carbocycles. The molecule has 0 saturated carbocycles. The number of carbonyl (C=O) groups excluding carboxylic acids is 2. The van der Waals surface area contributed by atoms with Gasteiger partial charge in [-0.3, -0.25) is 14.2 Å². The molecule has 3 N–H and O–H groups in total. The van der Waals surface area contributed by atoms with Crippen LogP contribution >= 0.6 is 23.6 Å². The average molecular weight is 399 g/mol. The molecule has 0 unspecified atom stereocenters. The summed E-state index contributed by atoms with van der Waals surface area (Å²) in [5, 5.41) is 2.81. The van der Waals surface area contributed by atoms with Crippen LogP contribution in [0.2, 0.25) is 0 Å². The van der Waals surface area contributed by atoms with Gasteiger partial charge in [0.2, 0.25) is 0 Å². The molecular formula is C19H17N3O3S2. The van der Waals surface area contributed by atoms with Crippen LogP contribution in [-0.4, -0.2) is 23.6 Å². The fourth-order valence-electron chi connectivity index (χ4n) is 2.50. The molecule has 2 aromatic carbocycles. The molecule has 8 heteroatoms. The van der Waals surface area contributed by atoms with Crippen molar-refractivity contribution in [2.45, 2.75) is 6.42 Å². The first kappa shape index (κ1) is 18.8. The first-order valence-corrected chi connectivity index (χ1v) is 9.26. The van der Waals surface area contributed by atoms with Crippen molar-refractivity contribution in [1.82, 2.24) is 4.57 Å². The summed E-state index contributed by atoms with van der Waals surface area (Å²) >= 11 is 6.54. The Bertz CT molecular complexity index is 1020. The van der Waals surface area contributed by atoms with Gasteiger partial charge in [-0.2, -0.15) is 0 Å². The zero-order chi connectivity index (χ0) is 19.4. The molecule has 0 saturated heterocycles. The van der Waals surface area contributed by atoms with Crippen LogP contribution in [0.25, 0.3) is 5.69 Å². The topological polar surface area (TPSA) is 86.3 Å². The number of nitrogens with two attached hydrogens (primary N) is 1. The molecule has 1 heterocycles. The Labute approximate surface area is 165 Å². The Morgan fingerprint density at radius 2 is 1.81 bits per heavy atom. The van der Waals surface area contributed by atoms with E-state index in [0.717, 1.165) is 22.6 Å². The van der Waals surface area contributed by atoms with Crippen molar-refractivity contribution in [2.24, 2.45) is 0 Å². The number of thiazole rings is 1. The van der Waals surface area contributed by atoms with E-state index in [1.165, 1.54) is 7.11 Å². The number of hydrogen-bond acceptors (Lipinski definition) is 6. The maximum absolute atomic E-state index is 12.5. The molecule has 27 heavy (non-hydrogen) atoms. The molecule has 3 aromatic rings. The Balaban J connectivity index is 1.86. The summed E-state index contributed by atoms with van der Waals surface area (Å²) in [6.07, 6.45) is 0.187. The molecule has 0 aliphatic heterocycles. The van der Waals surface area contributed by atoms with Crippen LogP contribution in [0.3, 0.4) is 0 Å². The van der Waals surface area contributed by atoms with Crippen molar-refractivity contribution in [3.63, 3.8) is 0 Å². The van der Waals surface area contributed by atoms with E-state index < -0.39 is 0 Å². The number of methoxy groups -OCH3 is 1. The van der Waals surface area contributed by atoms with Crippen LogP contribution in [0, 0.1) is 3.95 Å². The minimum atomic E-state index is -0.311. The van der Waals surface area contributed by atoms with Gasteiger partial charge in [0.15, 0.2) is 3.95 Å². The lowest BCUT2D eigenvalue weighted by Gasteiger charge is -2.08. The van der Waals surface area contributed by atoms with E-state index in [9.17, 15) is 9.59 Å². The highest BCUT2D eigenvalue weighted by Gasteiger charge is 2.18. The number of hydrogen-bond donors (Lipinski definition) is 2. The Hall–Kier alpha value is -2.97. The van der Waals surface area contributed by atoms with Gasteiger partial charge in [0.25, 0.3) is 5.91 Å². The average Bonchev–Trinajstić information content (AvgIpc) is 2.97. The van der Waals surface area contributed by atoms with E-state index in [1.807, 2.05) is 18.2 Å². The van der Waals surface area contributed by atoms with Gasteiger partial charge in [-0.05, 0) is 42.0 Å². The normalized spacial score (nSPS) is 10.4. The first-order chi connectivity index (χ1) is 13.0. The lowest BCUT2D eigenvalue weighted by atomic mass is 10.1. The van der Waals surface area contributed by atoms with Crippen LogP contribution in [0.1, 0.15) is 15.2 Å². The SMILES string of the molecule is COC(=O)Cc1ccc(-n2c(N)c(C(=O)Nc3ccccc3)sc2=S)cc1. The van der Waals surface area contributed by atoms with E-state index in [2.05, 4.69) is 10.1 Å². The van der Waals surface area contributed by atoms with Crippen molar-refractivity contribution in [3.8, 4) is 5.69 Å². The molecular weight excluding hydrogens is 382 g/mol. The van der Waals surface area contributed by atoms with Gasteiger partial charge < -0.3 is 15.8 Å². The summed E-state index contributed by atoms with van der Waals surface area (Å²) in [6, 6.07) is 16.3. The highest BCUT2D eigenvalue weighted by Crippen LogP contribution is 2.27. The standard InChI is InChI=1S/C19H17N3O3S2/c1-25-15(23)11-12-7-9-14(10-8-12)22-17(20)16(27-19(22)26)18(24)21-13-5-3-2-4-6-13/h2-10H,11,20H2,1H3,(H,21,24). The monoisotopic (exact) mass is 399 g/mol. The zero-order valence-electron chi connectivity index (χ0n) is 14.5. The molecule has 3 rings (SSSR count). The van der Waals surface area contributed by atoms with Gasteiger partial charge >= 0.3 is 5.97 Å². The van der Waals surface area contributed by atoms with Gasteiger partial charge in [0, 0.05) is 11.4 Å². The maximum Gasteiger partial charge on any atom is 0.309 e. The summed E-state index contributed by atoms with van der Waals surface area (Å²) in [5.41, 5.74) is 8.42. The molecule has 0 radical (unpaired) electrons.